The summed E-state index contributed by atoms with van der Waals surface area (Å²) in [6.45, 7) is 1.93. The van der Waals surface area contributed by atoms with E-state index in [0.717, 1.165) is 21.3 Å². The highest BCUT2D eigenvalue weighted by Crippen LogP contribution is 2.24. The molecule has 2 heterocycles. The van der Waals surface area contributed by atoms with E-state index in [1.165, 1.54) is 0 Å². The molecule has 0 atom stereocenters. The number of aryl methyl sites for hydroxylation is 1. The molecule has 0 aliphatic rings. The molecule has 0 fully saturated rings. The van der Waals surface area contributed by atoms with Crippen LogP contribution in [0.2, 0.25) is 5.02 Å². The van der Waals surface area contributed by atoms with Gasteiger partial charge in [0.05, 0.1) is 16.1 Å². The number of hydrogen-bond donors (Lipinski definition) is 0. The Balaban J connectivity index is 2.53. The van der Waals surface area contributed by atoms with Gasteiger partial charge in [0.2, 0.25) is 0 Å². The van der Waals surface area contributed by atoms with Gasteiger partial charge in [0, 0.05) is 16.9 Å². The molecule has 66 valence electrons. The Morgan fingerprint density at radius 2 is 2.23 bits per heavy atom. The Labute approximate surface area is 85.2 Å². The van der Waals surface area contributed by atoms with Crippen molar-refractivity contribution < 1.29 is 0 Å². The van der Waals surface area contributed by atoms with Gasteiger partial charge in [-0.2, -0.15) is 0 Å². The van der Waals surface area contributed by atoms with Crippen LogP contribution in [-0.2, 0) is 0 Å². The van der Waals surface area contributed by atoms with Crippen molar-refractivity contribution >= 4 is 22.9 Å². The van der Waals surface area contributed by atoms with Gasteiger partial charge < -0.3 is 0 Å². The van der Waals surface area contributed by atoms with Gasteiger partial charge in [-0.15, -0.1) is 11.3 Å². The van der Waals surface area contributed by atoms with Crippen molar-refractivity contribution in [2.45, 2.75) is 6.92 Å². The summed E-state index contributed by atoms with van der Waals surface area (Å²) in [5, 5.41) is 0.718. The highest BCUT2D eigenvalue weighted by Gasteiger charge is 2.02. The summed E-state index contributed by atoms with van der Waals surface area (Å²) in [5.41, 5.74) is 3.61. The van der Waals surface area contributed by atoms with E-state index < -0.39 is 0 Å². The molecule has 0 bridgehead atoms. The fraction of sp³-hybridized carbons (Fsp3) is 0.111. The summed E-state index contributed by atoms with van der Waals surface area (Å²) in [6, 6.07) is 3.69. The minimum Gasteiger partial charge on any atom is -0.252 e. The Hall–Kier alpha value is -0.930. The van der Waals surface area contributed by atoms with Crippen molar-refractivity contribution in [1.82, 2.24) is 9.97 Å². The van der Waals surface area contributed by atoms with E-state index in [0.29, 0.717) is 0 Å². The van der Waals surface area contributed by atoms with Crippen molar-refractivity contribution in [2.24, 2.45) is 0 Å². The molecule has 0 N–H and O–H groups in total. The quantitative estimate of drug-likeness (QED) is 0.723. The molecule has 2 nitrogen and oxygen atoms in total. The summed E-state index contributed by atoms with van der Waals surface area (Å²) >= 11 is 7.47. The zero-order valence-electron chi connectivity index (χ0n) is 6.99. The fourth-order valence-electron chi connectivity index (χ4n) is 1.09. The number of thiazole rings is 1. The number of hydrogen-bond acceptors (Lipinski definition) is 3. The third kappa shape index (κ3) is 1.87. The number of nitrogens with zero attached hydrogens (tertiary/aromatic N) is 2. The van der Waals surface area contributed by atoms with Crippen molar-refractivity contribution in [3.63, 3.8) is 0 Å². The Morgan fingerprint density at radius 3 is 2.85 bits per heavy atom. The zero-order chi connectivity index (χ0) is 9.26. The molecule has 2 aromatic heterocycles. The second-order valence-corrected chi connectivity index (χ2v) is 4.00. The van der Waals surface area contributed by atoms with Gasteiger partial charge in [0.15, 0.2) is 0 Å². The maximum Gasteiger partial charge on any atom is 0.0835 e. The molecule has 0 saturated heterocycles. The molecule has 4 heteroatoms. The van der Waals surface area contributed by atoms with Gasteiger partial charge in [0.25, 0.3) is 0 Å². The van der Waals surface area contributed by atoms with Crippen LogP contribution in [0.1, 0.15) is 5.69 Å². The number of rotatable bonds is 1. The van der Waals surface area contributed by atoms with Crippen LogP contribution in [0.4, 0.5) is 0 Å². The Bertz CT molecular complexity index is 391. The predicted octanol–water partition coefficient (Wildman–Crippen LogP) is 3.17. The number of pyridine rings is 1. The van der Waals surface area contributed by atoms with Crippen LogP contribution in [0.25, 0.3) is 10.6 Å². The molecule has 0 amide bonds. The van der Waals surface area contributed by atoms with E-state index in [2.05, 4.69) is 9.97 Å². The van der Waals surface area contributed by atoms with E-state index in [9.17, 15) is 0 Å². The summed E-state index contributed by atoms with van der Waals surface area (Å²) in [7, 11) is 0. The van der Waals surface area contributed by atoms with Crippen LogP contribution in [0.3, 0.4) is 0 Å². The predicted molar refractivity (Wildman–Crippen MR) is 55.1 cm³/mol. The lowest BCUT2D eigenvalue weighted by molar-refractivity contribution is 1.21. The normalized spacial score (nSPS) is 10.3. The van der Waals surface area contributed by atoms with E-state index in [1.54, 1.807) is 23.0 Å². The zero-order valence-corrected chi connectivity index (χ0v) is 8.56. The second kappa shape index (κ2) is 3.44. The van der Waals surface area contributed by atoms with Crippen LogP contribution in [0.5, 0.6) is 0 Å². The van der Waals surface area contributed by atoms with Crippen LogP contribution in [0.15, 0.2) is 23.8 Å². The SMILES string of the molecule is Cc1cc(Cl)cc(-c2cncs2)n1. The van der Waals surface area contributed by atoms with Gasteiger partial charge in [-0.1, -0.05) is 11.6 Å². The highest BCUT2D eigenvalue weighted by atomic mass is 35.5. The molecule has 0 radical (unpaired) electrons. The van der Waals surface area contributed by atoms with Crippen LogP contribution in [-0.4, -0.2) is 9.97 Å². The highest BCUT2D eigenvalue weighted by molar-refractivity contribution is 7.13. The first kappa shape index (κ1) is 8.66. The van der Waals surface area contributed by atoms with Crippen LogP contribution in [0, 0.1) is 6.92 Å². The lowest BCUT2D eigenvalue weighted by atomic mass is 10.3. The lowest BCUT2D eigenvalue weighted by Gasteiger charge is -1.98. The van der Waals surface area contributed by atoms with E-state index >= 15 is 0 Å². The fourth-order valence-corrected chi connectivity index (χ4v) is 1.94. The molecule has 2 rings (SSSR count). The Morgan fingerprint density at radius 1 is 1.38 bits per heavy atom. The first-order valence-corrected chi connectivity index (χ1v) is 5.04. The minimum atomic E-state index is 0.718. The molecular formula is C9H7ClN2S. The van der Waals surface area contributed by atoms with Gasteiger partial charge in [-0.3, -0.25) is 9.97 Å². The molecule has 0 spiro atoms. The first-order valence-electron chi connectivity index (χ1n) is 3.79. The molecular weight excluding hydrogens is 204 g/mol. The monoisotopic (exact) mass is 210 g/mol. The van der Waals surface area contributed by atoms with Crippen molar-refractivity contribution in [3.8, 4) is 10.6 Å². The van der Waals surface area contributed by atoms with Crippen molar-refractivity contribution in [3.05, 3.63) is 34.6 Å². The smallest absolute Gasteiger partial charge is 0.0835 e. The maximum absolute atomic E-state index is 5.91. The Kier molecular flexibility index (Phi) is 2.29. The number of aromatic nitrogens is 2. The van der Waals surface area contributed by atoms with Gasteiger partial charge in [-0.25, -0.2) is 0 Å². The standard InChI is InChI=1S/C9H7ClN2S/c1-6-2-7(10)3-8(12-6)9-4-11-5-13-9/h2-5H,1H3. The summed E-state index contributed by atoms with van der Waals surface area (Å²) in [5.74, 6) is 0. The second-order valence-electron chi connectivity index (χ2n) is 2.68. The minimum absolute atomic E-state index is 0.718. The van der Waals surface area contributed by atoms with Gasteiger partial charge in [-0.05, 0) is 19.1 Å². The van der Waals surface area contributed by atoms with Crippen molar-refractivity contribution in [2.75, 3.05) is 0 Å². The lowest BCUT2D eigenvalue weighted by Crippen LogP contribution is -1.84. The molecule has 2 aromatic rings. The third-order valence-electron chi connectivity index (χ3n) is 1.60. The molecule has 0 saturated carbocycles. The molecule has 0 aliphatic heterocycles. The summed E-state index contributed by atoms with van der Waals surface area (Å²) in [4.78, 5) is 9.40. The number of halogens is 1. The van der Waals surface area contributed by atoms with Crippen LogP contribution < -0.4 is 0 Å². The average molecular weight is 211 g/mol. The summed E-state index contributed by atoms with van der Waals surface area (Å²) < 4.78 is 0. The summed E-state index contributed by atoms with van der Waals surface area (Å²) in [6.07, 6.45) is 1.79. The van der Waals surface area contributed by atoms with Crippen molar-refractivity contribution in [1.29, 1.82) is 0 Å². The third-order valence-corrected chi connectivity index (χ3v) is 2.62. The van der Waals surface area contributed by atoms with E-state index in [-0.39, 0.29) is 0 Å². The van der Waals surface area contributed by atoms with E-state index in [4.69, 9.17) is 11.6 Å². The molecule has 0 aliphatic carbocycles. The molecule has 0 unspecified atom stereocenters. The van der Waals surface area contributed by atoms with Gasteiger partial charge in [0.1, 0.15) is 0 Å². The largest absolute Gasteiger partial charge is 0.252 e. The first-order chi connectivity index (χ1) is 6.25. The van der Waals surface area contributed by atoms with E-state index in [1.807, 2.05) is 19.1 Å². The van der Waals surface area contributed by atoms with Crippen LogP contribution >= 0.6 is 22.9 Å². The molecule has 13 heavy (non-hydrogen) atoms. The average Bonchev–Trinajstić information content (AvgIpc) is 2.53. The molecule has 0 aromatic carbocycles. The topological polar surface area (TPSA) is 25.8 Å². The maximum atomic E-state index is 5.91. The van der Waals surface area contributed by atoms with Gasteiger partial charge >= 0.3 is 0 Å².